The Kier molecular flexibility index (Phi) is 4.61. The fraction of sp³-hybridized carbons (Fsp3) is 0.625. The van der Waals surface area contributed by atoms with Crippen LogP contribution in [-0.4, -0.2) is 12.6 Å². The highest BCUT2D eigenvalue weighted by atomic mass is 14.9. The molecule has 1 aliphatic heterocycles. The van der Waals surface area contributed by atoms with E-state index in [-0.39, 0.29) is 0 Å². The molecule has 0 radical (unpaired) electrons. The molecule has 1 aromatic carbocycles. The van der Waals surface area contributed by atoms with Crippen LogP contribution in [-0.2, 0) is 12.8 Å². The van der Waals surface area contributed by atoms with Gasteiger partial charge in [-0.1, -0.05) is 44.5 Å². The van der Waals surface area contributed by atoms with E-state index in [1.165, 1.54) is 49.8 Å². The van der Waals surface area contributed by atoms with Crippen LogP contribution in [0.5, 0.6) is 0 Å². The van der Waals surface area contributed by atoms with Crippen molar-refractivity contribution >= 4 is 0 Å². The minimum atomic E-state index is 0.707. The Labute approximate surface area is 106 Å². The van der Waals surface area contributed by atoms with Gasteiger partial charge in [-0.15, -0.1) is 0 Å². The van der Waals surface area contributed by atoms with E-state index in [4.69, 9.17) is 0 Å². The maximum Gasteiger partial charge on any atom is 0.0107 e. The van der Waals surface area contributed by atoms with Gasteiger partial charge in [0.15, 0.2) is 0 Å². The second-order valence-electron chi connectivity index (χ2n) is 5.77. The van der Waals surface area contributed by atoms with Gasteiger partial charge in [-0.2, -0.15) is 0 Å². The zero-order valence-electron chi connectivity index (χ0n) is 11.2. The molecule has 1 aliphatic rings. The Morgan fingerprint density at radius 3 is 2.76 bits per heavy atom. The predicted molar refractivity (Wildman–Crippen MR) is 74.3 cm³/mol. The van der Waals surface area contributed by atoms with Crippen LogP contribution < -0.4 is 5.32 Å². The lowest BCUT2D eigenvalue weighted by Gasteiger charge is -2.23. The molecule has 0 aromatic heterocycles. The first kappa shape index (κ1) is 12.6. The standard InChI is InChI=1S/C16H25N/c1-13(2)10-14-6-5-7-15(11-14)12-16-8-3-4-9-17-16/h5-7,11,13,16-17H,3-4,8-10,12H2,1-2H3. The fourth-order valence-corrected chi connectivity index (χ4v) is 2.74. The van der Waals surface area contributed by atoms with Gasteiger partial charge in [0.1, 0.15) is 0 Å². The van der Waals surface area contributed by atoms with Crippen LogP contribution in [0.1, 0.15) is 44.2 Å². The highest BCUT2D eigenvalue weighted by Gasteiger charge is 2.12. The summed E-state index contributed by atoms with van der Waals surface area (Å²) in [4.78, 5) is 0. The monoisotopic (exact) mass is 231 g/mol. The Bertz CT molecular complexity index is 337. The van der Waals surface area contributed by atoms with Crippen LogP contribution in [0, 0.1) is 5.92 Å². The third-order valence-corrected chi connectivity index (χ3v) is 3.53. The summed E-state index contributed by atoms with van der Waals surface area (Å²) in [6, 6.07) is 9.86. The van der Waals surface area contributed by atoms with Gasteiger partial charge in [0, 0.05) is 6.04 Å². The molecule has 1 unspecified atom stereocenters. The first-order valence-corrected chi connectivity index (χ1v) is 7.05. The average Bonchev–Trinajstić information content (AvgIpc) is 2.30. The summed E-state index contributed by atoms with van der Waals surface area (Å²) in [5.41, 5.74) is 3.00. The molecule has 1 aromatic rings. The van der Waals surface area contributed by atoms with E-state index in [2.05, 4.69) is 43.4 Å². The summed E-state index contributed by atoms with van der Waals surface area (Å²) >= 11 is 0. The third-order valence-electron chi connectivity index (χ3n) is 3.53. The van der Waals surface area contributed by atoms with Crippen molar-refractivity contribution in [1.29, 1.82) is 0 Å². The predicted octanol–water partition coefficient (Wildman–Crippen LogP) is 3.57. The molecular weight excluding hydrogens is 206 g/mol. The molecule has 1 saturated heterocycles. The Hall–Kier alpha value is -0.820. The van der Waals surface area contributed by atoms with Crippen LogP contribution in [0.4, 0.5) is 0 Å². The van der Waals surface area contributed by atoms with Gasteiger partial charge in [-0.05, 0) is 49.3 Å². The summed E-state index contributed by atoms with van der Waals surface area (Å²) in [6.45, 7) is 5.78. The Morgan fingerprint density at radius 2 is 2.06 bits per heavy atom. The van der Waals surface area contributed by atoms with Crippen LogP contribution in [0.25, 0.3) is 0 Å². The van der Waals surface area contributed by atoms with E-state index in [1.807, 2.05) is 0 Å². The maximum atomic E-state index is 3.63. The maximum absolute atomic E-state index is 3.63. The van der Waals surface area contributed by atoms with Gasteiger partial charge >= 0.3 is 0 Å². The van der Waals surface area contributed by atoms with Gasteiger partial charge in [0.2, 0.25) is 0 Å². The fourth-order valence-electron chi connectivity index (χ4n) is 2.74. The second-order valence-corrected chi connectivity index (χ2v) is 5.77. The molecule has 1 nitrogen and oxygen atoms in total. The molecule has 94 valence electrons. The van der Waals surface area contributed by atoms with Gasteiger partial charge in [-0.3, -0.25) is 0 Å². The lowest BCUT2D eigenvalue weighted by atomic mass is 9.95. The second kappa shape index (κ2) is 6.20. The number of hydrogen-bond acceptors (Lipinski definition) is 1. The quantitative estimate of drug-likeness (QED) is 0.835. The largest absolute Gasteiger partial charge is 0.314 e. The molecule has 0 aliphatic carbocycles. The summed E-state index contributed by atoms with van der Waals surface area (Å²) < 4.78 is 0. The smallest absolute Gasteiger partial charge is 0.0107 e. The number of piperidine rings is 1. The van der Waals surface area contributed by atoms with Crippen molar-refractivity contribution in [3.63, 3.8) is 0 Å². The number of hydrogen-bond donors (Lipinski definition) is 1. The molecule has 2 rings (SSSR count). The molecule has 0 spiro atoms. The highest BCUT2D eigenvalue weighted by molar-refractivity contribution is 5.24. The number of rotatable bonds is 4. The highest BCUT2D eigenvalue weighted by Crippen LogP contribution is 2.15. The van der Waals surface area contributed by atoms with E-state index in [9.17, 15) is 0 Å². The van der Waals surface area contributed by atoms with Crippen molar-refractivity contribution in [2.24, 2.45) is 5.92 Å². The van der Waals surface area contributed by atoms with Crippen molar-refractivity contribution in [3.05, 3.63) is 35.4 Å². The summed E-state index contributed by atoms with van der Waals surface area (Å²) in [5.74, 6) is 0.748. The number of nitrogens with one attached hydrogen (secondary N) is 1. The molecule has 1 N–H and O–H groups in total. The number of benzene rings is 1. The molecule has 1 heterocycles. The summed E-state index contributed by atoms with van der Waals surface area (Å²) in [6.07, 6.45) is 6.49. The van der Waals surface area contributed by atoms with Crippen molar-refractivity contribution in [2.75, 3.05) is 6.54 Å². The summed E-state index contributed by atoms with van der Waals surface area (Å²) in [7, 11) is 0. The Balaban J connectivity index is 1.95. The van der Waals surface area contributed by atoms with Gasteiger partial charge in [0.05, 0.1) is 0 Å². The van der Waals surface area contributed by atoms with Crippen molar-refractivity contribution < 1.29 is 0 Å². The van der Waals surface area contributed by atoms with Crippen LogP contribution >= 0.6 is 0 Å². The van der Waals surface area contributed by atoms with Crippen molar-refractivity contribution in [1.82, 2.24) is 5.32 Å². The Morgan fingerprint density at radius 1 is 1.24 bits per heavy atom. The minimum Gasteiger partial charge on any atom is -0.314 e. The van der Waals surface area contributed by atoms with E-state index in [1.54, 1.807) is 0 Å². The third kappa shape index (κ3) is 4.16. The topological polar surface area (TPSA) is 12.0 Å². The van der Waals surface area contributed by atoms with E-state index < -0.39 is 0 Å². The molecule has 0 amide bonds. The van der Waals surface area contributed by atoms with E-state index in [0.29, 0.717) is 6.04 Å². The van der Waals surface area contributed by atoms with E-state index >= 15 is 0 Å². The van der Waals surface area contributed by atoms with Crippen molar-refractivity contribution in [2.45, 2.75) is 52.0 Å². The lowest BCUT2D eigenvalue weighted by molar-refractivity contribution is 0.399. The lowest BCUT2D eigenvalue weighted by Crippen LogP contribution is -2.35. The van der Waals surface area contributed by atoms with Crippen LogP contribution in [0.2, 0.25) is 0 Å². The minimum absolute atomic E-state index is 0.707. The SMILES string of the molecule is CC(C)Cc1cccc(CC2CCCCN2)c1. The van der Waals surface area contributed by atoms with Gasteiger partial charge in [0.25, 0.3) is 0 Å². The zero-order chi connectivity index (χ0) is 12.1. The summed E-state index contributed by atoms with van der Waals surface area (Å²) in [5, 5.41) is 3.63. The molecule has 1 heteroatoms. The first-order chi connectivity index (χ1) is 8.24. The van der Waals surface area contributed by atoms with Crippen LogP contribution in [0.3, 0.4) is 0 Å². The average molecular weight is 231 g/mol. The van der Waals surface area contributed by atoms with Gasteiger partial charge < -0.3 is 5.32 Å². The molecule has 1 atom stereocenters. The van der Waals surface area contributed by atoms with Crippen LogP contribution in [0.15, 0.2) is 24.3 Å². The van der Waals surface area contributed by atoms with Crippen molar-refractivity contribution in [3.8, 4) is 0 Å². The molecular formula is C16H25N. The normalized spacial score (nSPS) is 20.8. The molecule has 17 heavy (non-hydrogen) atoms. The zero-order valence-corrected chi connectivity index (χ0v) is 11.2. The van der Waals surface area contributed by atoms with Gasteiger partial charge in [-0.25, -0.2) is 0 Å². The first-order valence-electron chi connectivity index (χ1n) is 7.05. The molecule has 0 bridgehead atoms. The molecule has 0 saturated carbocycles. The molecule has 1 fully saturated rings. The van der Waals surface area contributed by atoms with E-state index in [0.717, 1.165) is 5.92 Å².